The van der Waals surface area contributed by atoms with Gasteiger partial charge in [-0.3, -0.25) is 0 Å². The van der Waals surface area contributed by atoms with E-state index in [1.807, 2.05) is 20.0 Å². The van der Waals surface area contributed by atoms with Crippen molar-refractivity contribution in [3.63, 3.8) is 0 Å². The zero-order valence-electron chi connectivity index (χ0n) is 10.4. The van der Waals surface area contributed by atoms with Gasteiger partial charge in [-0.2, -0.15) is 0 Å². The van der Waals surface area contributed by atoms with Gasteiger partial charge in [0.1, 0.15) is 6.10 Å². The van der Waals surface area contributed by atoms with Crippen LogP contribution in [0.4, 0.5) is 0 Å². The standard InChI is InChI=1S/C12H16BN3O2/c13-10-7-14-11-5-6-12(15-16(10)11)18-9-3-1-8(17)2-4-9/h5-9,17H,1-4,13H2. The molecule has 0 aromatic carbocycles. The Kier molecular flexibility index (Phi) is 2.95. The minimum absolute atomic E-state index is 0.156. The molecule has 0 saturated heterocycles. The highest BCUT2D eigenvalue weighted by Gasteiger charge is 2.21. The highest BCUT2D eigenvalue weighted by Crippen LogP contribution is 2.22. The highest BCUT2D eigenvalue weighted by atomic mass is 16.5. The van der Waals surface area contributed by atoms with Gasteiger partial charge >= 0.3 is 0 Å². The molecule has 0 aliphatic heterocycles. The molecule has 1 saturated carbocycles. The van der Waals surface area contributed by atoms with Crippen molar-refractivity contribution in [1.82, 2.24) is 14.6 Å². The number of nitrogens with zero attached hydrogens (tertiary/aromatic N) is 3. The van der Waals surface area contributed by atoms with Crippen LogP contribution in [0, 0.1) is 0 Å². The van der Waals surface area contributed by atoms with Gasteiger partial charge in [-0.25, -0.2) is 9.50 Å². The summed E-state index contributed by atoms with van der Waals surface area (Å²) in [6.45, 7) is 0. The van der Waals surface area contributed by atoms with E-state index in [1.54, 1.807) is 10.7 Å². The van der Waals surface area contributed by atoms with Crippen LogP contribution in [0.15, 0.2) is 18.3 Å². The van der Waals surface area contributed by atoms with E-state index in [4.69, 9.17) is 4.74 Å². The molecule has 5 nitrogen and oxygen atoms in total. The van der Waals surface area contributed by atoms with Gasteiger partial charge in [0.15, 0.2) is 13.5 Å². The lowest BCUT2D eigenvalue weighted by atomic mass is 9.95. The molecular formula is C12H16BN3O2. The number of ether oxygens (including phenoxy) is 1. The Balaban J connectivity index is 1.76. The summed E-state index contributed by atoms with van der Waals surface area (Å²) in [6, 6.07) is 3.76. The molecule has 1 N–H and O–H groups in total. The zero-order chi connectivity index (χ0) is 12.5. The predicted molar refractivity (Wildman–Crippen MR) is 70.1 cm³/mol. The third-order valence-electron chi connectivity index (χ3n) is 3.44. The normalized spacial score (nSPS) is 24.3. The van der Waals surface area contributed by atoms with Gasteiger partial charge < -0.3 is 9.84 Å². The first-order chi connectivity index (χ1) is 8.72. The summed E-state index contributed by atoms with van der Waals surface area (Å²) < 4.78 is 7.65. The molecule has 2 aromatic heterocycles. The summed E-state index contributed by atoms with van der Waals surface area (Å²) in [5.41, 5.74) is 1.83. The molecule has 0 amide bonds. The topological polar surface area (TPSA) is 59.7 Å². The Morgan fingerprint density at radius 3 is 2.83 bits per heavy atom. The molecule has 0 radical (unpaired) electrons. The summed E-state index contributed by atoms with van der Waals surface area (Å²) in [5, 5.41) is 13.9. The number of fused-ring (bicyclic) bond motifs is 1. The average Bonchev–Trinajstić information content (AvgIpc) is 2.74. The quantitative estimate of drug-likeness (QED) is 0.736. The molecule has 0 atom stereocenters. The first kappa shape index (κ1) is 11.5. The lowest BCUT2D eigenvalue weighted by Crippen LogP contribution is -2.27. The minimum Gasteiger partial charge on any atom is -0.473 e. The fraction of sp³-hybridized carbons (Fsp3) is 0.500. The van der Waals surface area contributed by atoms with E-state index in [0.29, 0.717) is 5.88 Å². The van der Waals surface area contributed by atoms with Gasteiger partial charge in [0.05, 0.1) is 6.10 Å². The Labute approximate surface area is 106 Å². The summed E-state index contributed by atoms with van der Waals surface area (Å²) >= 11 is 0. The lowest BCUT2D eigenvalue weighted by molar-refractivity contribution is 0.0638. The summed E-state index contributed by atoms with van der Waals surface area (Å²) in [6.07, 6.45) is 5.23. The molecule has 2 heterocycles. The van der Waals surface area contributed by atoms with Crippen molar-refractivity contribution in [1.29, 1.82) is 0 Å². The second kappa shape index (κ2) is 4.61. The third kappa shape index (κ3) is 2.20. The molecule has 1 fully saturated rings. The summed E-state index contributed by atoms with van der Waals surface area (Å²) in [7, 11) is 1.97. The number of rotatable bonds is 2. The number of aliphatic hydroxyl groups excluding tert-OH is 1. The Hall–Kier alpha value is -1.56. The summed E-state index contributed by atoms with van der Waals surface area (Å²) in [4.78, 5) is 4.23. The van der Waals surface area contributed by atoms with Crippen LogP contribution in [0.3, 0.4) is 0 Å². The number of hydrogen-bond acceptors (Lipinski definition) is 4. The number of aliphatic hydroxyl groups is 1. The van der Waals surface area contributed by atoms with Gasteiger partial charge in [-0.15, -0.1) is 5.10 Å². The van der Waals surface area contributed by atoms with Crippen molar-refractivity contribution in [3.8, 4) is 5.88 Å². The van der Waals surface area contributed by atoms with E-state index in [1.165, 1.54) is 0 Å². The molecule has 2 aromatic rings. The van der Waals surface area contributed by atoms with Crippen molar-refractivity contribution in [2.45, 2.75) is 37.9 Å². The van der Waals surface area contributed by atoms with E-state index in [9.17, 15) is 5.11 Å². The van der Waals surface area contributed by atoms with Crippen molar-refractivity contribution >= 4 is 19.1 Å². The van der Waals surface area contributed by atoms with E-state index < -0.39 is 0 Å². The van der Waals surface area contributed by atoms with Gasteiger partial charge in [0.2, 0.25) is 5.88 Å². The van der Waals surface area contributed by atoms with E-state index in [-0.39, 0.29) is 12.2 Å². The minimum atomic E-state index is -0.156. The van der Waals surface area contributed by atoms with E-state index in [2.05, 4.69) is 10.1 Å². The van der Waals surface area contributed by atoms with Crippen LogP contribution in [0.25, 0.3) is 5.65 Å². The Morgan fingerprint density at radius 1 is 1.28 bits per heavy atom. The van der Waals surface area contributed by atoms with Crippen molar-refractivity contribution in [2.75, 3.05) is 0 Å². The van der Waals surface area contributed by atoms with Gasteiger partial charge in [0.25, 0.3) is 0 Å². The number of hydrogen-bond donors (Lipinski definition) is 1. The Bertz CT molecular complexity index is 549. The number of aromatic nitrogens is 3. The molecule has 3 rings (SSSR count). The molecule has 1 aliphatic rings. The van der Waals surface area contributed by atoms with Crippen LogP contribution < -0.4 is 10.3 Å². The van der Waals surface area contributed by atoms with E-state index >= 15 is 0 Å². The second-order valence-corrected chi connectivity index (χ2v) is 4.89. The SMILES string of the molecule is Bc1cnc2ccc(OC3CCC(O)CC3)nn12. The van der Waals surface area contributed by atoms with Crippen molar-refractivity contribution < 1.29 is 9.84 Å². The molecule has 94 valence electrons. The van der Waals surface area contributed by atoms with Crippen molar-refractivity contribution in [3.05, 3.63) is 18.3 Å². The predicted octanol–water partition coefficient (Wildman–Crippen LogP) is -0.330. The van der Waals surface area contributed by atoms with Gasteiger partial charge in [0, 0.05) is 17.9 Å². The fourth-order valence-corrected chi connectivity index (χ4v) is 2.37. The summed E-state index contributed by atoms with van der Waals surface area (Å²) in [5.74, 6) is 0.630. The maximum absolute atomic E-state index is 9.46. The van der Waals surface area contributed by atoms with Crippen LogP contribution in [0.1, 0.15) is 25.7 Å². The largest absolute Gasteiger partial charge is 0.473 e. The molecule has 0 bridgehead atoms. The molecule has 0 unspecified atom stereocenters. The third-order valence-corrected chi connectivity index (χ3v) is 3.44. The van der Waals surface area contributed by atoms with Crippen LogP contribution in [0.2, 0.25) is 0 Å². The first-order valence-corrected chi connectivity index (χ1v) is 6.38. The molecular weight excluding hydrogens is 229 g/mol. The monoisotopic (exact) mass is 245 g/mol. The second-order valence-electron chi connectivity index (χ2n) is 4.89. The molecule has 6 heteroatoms. The van der Waals surface area contributed by atoms with Crippen LogP contribution in [0.5, 0.6) is 5.88 Å². The van der Waals surface area contributed by atoms with Gasteiger partial charge in [-0.05, 0) is 31.7 Å². The first-order valence-electron chi connectivity index (χ1n) is 6.38. The fourth-order valence-electron chi connectivity index (χ4n) is 2.37. The van der Waals surface area contributed by atoms with Gasteiger partial charge in [-0.1, -0.05) is 0 Å². The number of imidazole rings is 1. The zero-order valence-corrected chi connectivity index (χ0v) is 10.4. The van der Waals surface area contributed by atoms with Crippen LogP contribution >= 0.6 is 0 Å². The molecule has 18 heavy (non-hydrogen) atoms. The maximum atomic E-state index is 9.46. The van der Waals surface area contributed by atoms with Crippen LogP contribution in [-0.4, -0.2) is 39.8 Å². The van der Waals surface area contributed by atoms with E-state index in [0.717, 1.165) is 36.9 Å². The molecule has 0 spiro atoms. The average molecular weight is 245 g/mol. The lowest BCUT2D eigenvalue weighted by Gasteiger charge is -2.25. The smallest absolute Gasteiger partial charge is 0.232 e. The molecule has 1 aliphatic carbocycles. The van der Waals surface area contributed by atoms with Crippen molar-refractivity contribution in [2.24, 2.45) is 0 Å². The highest BCUT2D eigenvalue weighted by molar-refractivity contribution is 6.30. The van der Waals surface area contributed by atoms with Crippen LogP contribution in [-0.2, 0) is 0 Å². The Morgan fingerprint density at radius 2 is 2.06 bits per heavy atom. The maximum Gasteiger partial charge on any atom is 0.232 e.